The highest BCUT2D eigenvalue weighted by molar-refractivity contribution is 6.22. The predicted octanol–water partition coefficient (Wildman–Crippen LogP) is 5.17. The molecule has 0 atom stereocenters. The van der Waals surface area contributed by atoms with E-state index in [1.165, 1.54) is 55.1 Å². The summed E-state index contributed by atoms with van der Waals surface area (Å²) in [7, 11) is 0. The number of nitrogens with zero attached hydrogens (tertiary/aromatic N) is 2. The number of rotatable bonds is 0. The van der Waals surface area contributed by atoms with Crippen LogP contribution in [-0.4, -0.2) is 8.80 Å². The Balaban J connectivity index is 2.23. The van der Waals surface area contributed by atoms with Gasteiger partial charge < -0.3 is 8.80 Å². The second-order valence-corrected chi connectivity index (χ2v) is 6.69. The van der Waals surface area contributed by atoms with Crippen LogP contribution in [0.4, 0.5) is 0 Å². The van der Waals surface area contributed by atoms with Crippen molar-refractivity contribution in [3.8, 4) is 0 Å². The molecule has 0 saturated heterocycles. The van der Waals surface area contributed by atoms with Crippen LogP contribution in [0, 0.1) is 27.7 Å². The first-order valence-corrected chi connectivity index (χ1v) is 7.80. The number of aryl methyl sites for hydroxylation is 4. The van der Waals surface area contributed by atoms with Gasteiger partial charge in [-0.25, -0.2) is 0 Å². The molecule has 0 bridgehead atoms. The molecular weight excluding hydrogens is 268 g/mol. The summed E-state index contributed by atoms with van der Waals surface area (Å²) in [6.07, 6.45) is 4.40. The molecule has 22 heavy (non-hydrogen) atoms. The third kappa shape index (κ3) is 1.22. The number of fused-ring (bicyclic) bond motifs is 6. The second kappa shape index (κ2) is 3.64. The molecule has 2 aromatic carbocycles. The van der Waals surface area contributed by atoms with Gasteiger partial charge in [0.2, 0.25) is 0 Å². The fraction of sp³-hybridized carbons (Fsp3) is 0.200. The molecule has 3 heterocycles. The highest BCUT2D eigenvalue weighted by Gasteiger charge is 2.20. The molecule has 108 valence electrons. The summed E-state index contributed by atoms with van der Waals surface area (Å²) in [5.41, 5.74) is 9.37. The maximum atomic E-state index is 2.36. The third-order valence-electron chi connectivity index (χ3n) is 4.95. The molecule has 0 aliphatic carbocycles. The smallest absolute Gasteiger partial charge is 0.130 e. The molecule has 5 rings (SSSR count). The highest BCUT2D eigenvalue weighted by Crippen LogP contribution is 2.39. The van der Waals surface area contributed by atoms with E-state index in [4.69, 9.17) is 0 Å². The Bertz CT molecular complexity index is 1110. The molecule has 0 amide bonds. The molecule has 3 aromatic heterocycles. The Labute approximate surface area is 128 Å². The molecule has 0 aliphatic heterocycles. The van der Waals surface area contributed by atoms with Crippen molar-refractivity contribution in [3.63, 3.8) is 0 Å². The van der Waals surface area contributed by atoms with E-state index >= 15 is 0 Å². The Kier molecular flexibility index (Phi) is 2.00. The van der Waals surface area contributed by atoms with Gasteiger partial charge in [0.15, 0.2) is 0 Å². The zero-order chi connectivity index (χ0) is 15.2. The topological polar surface area (TPSA) is 8.82 Å². The molecule has 0 saturated carbocycles. The van der Waals surface area contributed by atoms with Gasteiger partial charge in [-0.15, -0.1) is 0 Å². The van der Waals surface area contributed by atoms with E-state index in [0.29, 0.717) is 0 Å². The molecule has 0 aliphatic rings. The molecule has 2 heteroatoms. The van der Waals surface area contributed by atoms with Crippen LogP contribution < -0.4 is 0 Å². The van der Waals surface area contributed by atoms with E-state index in [1.54, 1.807) is 0 Å². The minimum atomic E-state index is 1.31. The molecular formula is C20H18N2. The van der Waals surface area contributed by atoms with Gasteiger partial charge in [-0.1, -0.05) is 23.3 Å². The second-order valence-electron chi connectivity index (χ2n) is 6.69. The van der Waals surface area contributed by atoms with E-state index in [1.807, 2.05) is 0 Å². The van der Waals surface area contributed by atoms with Crippen molar-refractivity contribution in [2.75, 3.05) is 0 Å². The Morgan fingerprint density at radius 2 is 1.09 bits per heavy atom. The summed E-state index contributed by atoms with van der Waals surface area (Å²) in [5, 5.41) is 4.16. The fourth-order valence-corrected chi connectivity index (χ4v) is 4.32. The minimum Gasteiger partial charge on any atom is -0.300 e. The Hall–Kier alpha value is -2.48. The van der Waals surface area contributed by atoms with Crippen molar-refractivity contribution in [2.24, 2.45) is 0 Å². The lowest BCUT2D eigenvalue weighted by atomic mass is 10.0. The van der Waals surface area contributed by atoms with Crippen molar-refractivity contribution < 1.29 is 0 Å². The SMILES string of the molecule is Cc1cc(C)c2c(c1)c1c3cc(C)cc(C)c3n3ccn2c13. The van der Waals surface area contributed by atoms with Gasteiger partial charge in [-0.2, -0.15) is 0 Å². The average Bonchev–Trinajstić information content (AvgIpc) is 3.03. The van der Waals surface area contributed by atoms with Crippen molar-refractivity contribution in [2.45, 2.75) is 27.7 Å². The van der Waals surface area contributed by atoms with Crippen LogP contribution >= 0.6 is 0 Å². The molecule has 0 unspecified atom stereocenters. The van der Waals surface area contributed by atoms with Crippen LogP contribution in [0.2, 0.25) is 0 Å². The van der Waals surface area contributed by atoms with Gasteiger partial charge in [0, 0.05) is 28.6 Å². The summed E-state index contributed by atoms with van der Waals surface area (Å²) >= 11 is 0. The number of aromatic nitrogens is 2. The van der Waals surface area contributed by atoms with Crippen molar-refractivity contribution >= 4 is 32.8 Å². The summed E-state index contributed by atoms with van der Waals surface area (Å²) in [4.78, 5) is 0. The number of hydrogen-bond donors (Lipinski definition) is 0. The first-order valence-electron chi connectivity index (χ1n) is 7.80. The van der Waals surface area contributed by atoms with Crippen molar-refractivity contribution in [3.05, 3.63) is 58.9 Å². The van der Waals surface area contributed by atoms with Crippen LogP contribution in [-0.2, 0) is 0 Å². The number of imidazole rings is 1. The average molecular weight is 286 g/mol. The Morgan fingerprint density at radius 1 is 0.636 bits per heavy atom. The first kappa shape index (κ1) is 12.1. The van der Waals surface area contributed by atoms with Gasteiger partial charge in [-0.05, 0) is 51.0 Å². The lowest BCUT2D eigenvalue weighted by molar-refractivity contribution is 1.23. The quantitative estimate of drug-likeness (QED) is 0.371. The van der Waals surface area contributed by atoms with Gasteiger partial charge >= 0.3 is 0 Å². The molecule has 0 fully saturated rings. The van der Waals surface area contributed by atoms with Crippen LogP contribution in [0.15, 0.2) is 36.7 Å². The van der Waals surface area contributed by atoms with Gasteiger partial charge in [0.1, 0.15) is 5.65 Å². The van der Waals surface area contributed by atoms with E-state index in [2.05, 4.69) is 73.2 Å². The lowest BCUT2D eigenvalue weighted by Gasteiger charge is -2.03. The zero-order valence-electron chi connectivity index (χ0n) is 13.4. The number of benzene rings is 2. The molecule has 5 aromatic rings. The Morgan fingerprint density at radius 3 is 1.55 bits per heavy atom. The summed E-state index contributed by atoms with van der Waals surface area (Å²) in [6.45, 7) is 8.81. The molecule has 0 radical (unpaired) electrons. The maximum absolute atomic E-state index is 2.36. The maximum Gasteiger partial charge on any atom is 0.130 e. The van der Waals surface area contributed by atoms with E-state index < -0.39 is 0 Å². The van der Waals surface area contributed by atoms with Gasteiger partial charge in [-0.3, -0.25) is 0 Å². The standard InChI is InChI=1S/C20H18N2/c1-11-7-13(3)18-15(9-11)17-16-10-12(2)8-14(4)19(16)22-6-5-21(18)20(17)22/h5-10H,1-4H3. The number of hydrogen-bond acceptors (Lipinski definition) is 0. The molecule has 0 N–H and O–H groups in total. The lowest BCUT2D eigenvalue weighted by Crippen LogP contribution is -1.86. The van der Waals surface area contributed by atoms with Gasteiger partial charge in [0.25, 0.3) is 0 Å². The van der Waals surface area contributed by atoms with Crippen LogP contribution in [0.3, 0.4) is 0 Å². The molecule has 2 nitrogen and oxygen atoms in total. The van der Waals surface area contributed by atoms with Crippen LogP contribution in [0.25, 0.3) is 32.8 Å². The zero-order valence-corrected chi connectivity index (χ0v) is 13.4. The van der Waals surface area contributed by atoms with Crippen molar-refractivity contribution in [1.29, 1.82) is 0 Å². The van der Waals surface area contributed by atoms with E-state index in [9.17, 15) is 0 Å². The van der Waals surface area contributed by atoms with E-state index in [-0.39, 0.29) is 0 Å². The summed E-state index contributed by atoms with van der Waals surface area (Å²) in [6, 6.07) is 9.23. The van der Waals surface area contributed by atoms with Crippen molar-refractivity contribution in [1.82, 2.24) is 8.80 Å². The third-order valence-corrected chi connectivity index (χ3v) is 4.95. The fourth-order valence-electron chi connectivity index (χ4n) is 4.32. The monoisotopic (exact) mass is 286 g/mol. The highest BCUT2D eigenvalue weighted by atomic mass is 15.1. The van der Waals surface area contributed by atoms with Crippen LogP contribution in [0.5, 0.6) is 0 Å². The van der Waals surface area contributed by atoms with Crippen LogP contribution in [0.1, 0.15) is 22.3 Å². The predicted molar refractivity (Wildman–Crippen MR) is 93.5 cm³/mol. The van der Waals surface area contributed by atoms with Gasteiger partial charge in [0.05, 0.1) is 11.0 Å². The first-order chi connectivity index (χ1) is 10.6. The largest absolute Gasteiger partial charge is 0.300 e. The summed E-state index contributed by atoms with van der Waals surface area (Å²) < 4.78 is 4.71. The van der Waals surface area contributed by atoms with E-state index in [0.717, 1.165) is 0 Å². The normalized spacial score (nSPS) is 12.5. The molecule has 0 spiro atoms. The minimum absolute atomic E-state index is 1.31. The summed E-state index contributed by atoms with van der Waals surface area (Å²) in [5.74, 6) is 0.